The van der Waals surface area contributed by atoms with Gasteiger partial charge in [-0.25, -0.2) is 22.2 Å². The van der Waals surface area contributed by atoms with Gasteiger partial charge in [-0.2, -0.15) is 12.7 Å². The molecule has 1 atom stereocenters. The van der Waals surface area contributed by atoms with Gasteiger partial charge in [0.25, 0.3) is 0 Å². The first kappa shape index (κ1) is 33.6. The third-order valence-corrected chi connectivity index (χ3v) is 9.60. The first-order valence-corrected chi connectivity index (χ1v) is 17.0. The van der Waals surface area contributed by atoms with E-state index in [0.29, 0.717) is 0 Å². The van der Waals surface area contributed by atoms with Gasteiger partial charge in [-0.05, 0) is 51.5 Å². The van der Waals surface area contributed by atoms with Gasteiger partial charge < -0.3 is 14.5 Å². The number of carbonyl (C=O) groups is 1. The molecule has 4 rings (SSSR count). The smallest absolute Gasteiger partial charge is 0.408 e. The number of rotatable bonds is 10. The normalized spacial score (nSPS) is 13.8. The number of anilines is 1. The van der Waals surface area contributed by atoms with Crippen molar-refractivity contribution in [2.24, 2.45) is 0 Å². The van der Waals surface area contributed by atoms with Crippen LogP contribution in [-0.4, -0.2) is 79.4 Å². The third-order valence-electron chi connectivity index (χ3n) is 6.68. The second-order valence-electron chi connectivity index (χ2n) is 11.9. The number of sulfonamides is 1. The lowest BCUT2D eigenvalue weighted by atomic mass is 9.92. The number of alkyl carbamates (subject to hydrolysis) is 1. The highest BCUT2D eigenvalue weighted by Crippen LogP contribution is 2.34. The molecule has 0 radical (unpaired) electrons. The molecule has 0 aliphatic heterocycles. The minimum atomic E-state index is -3.97. The molecule has 2 aromatic heterocycles. The standard InChI is InChI=1S/C29H37N7O7S2/c1-28(2,3)43-27(37)31-29(4,19-20-12-10-9-11-13-20)26-33-32-25(42-26)22-16-21(17-23(18-22)35(7)44(8,38)39)24-30-14-15-36(24)45(40,41)34(5)6/h9-18H,19H2,1-8H3,(H,31,37)/t29-/m1/s1. The SMILES string of the molecule is CN(c1cc(-c2nnc([C@@](C)(Cc3ccccc3)NC(=O)OC(C)(C)C)o2)cc(-c2nccn2S(=O)(=O)N(C)C)c1)S(C)(=O)=O. The number of benzene rings is 2. The van der Waals surface area contributed by atoms with Crippen molar-refractivity contribution in [3.05, 3.63) is 72.4 Å². The fraction of sp³-hybridized carbons (Fsp3) is 0.379. The van der Waals surface area contributed by atoms with Crippen molar-refractivity contribution in [1.82, 2.24) is 28.8 Å². The van der Waals surface area contributed by atoms with Gasteiger partial charge in [0.1, 0.15) is 11.1 Å². The van der Waals surface area contributed by atoms with Crippen LogP contribution in [0.5, 0.6) is 0 Å². The zero-order valence-corrected chi connectivity index (χ0v) is 28.0. The Kier molecular flexibility index (Phi) is 9.15. The van der Waals surface area contributed by atoms with Crippen molar-refractivity contribution in [2.45, 2.75) is 45.3 Å². The summed E-state index contributed by atoms with van der Waals surface area (Å²) in [7, 11) is -3.56. The van der Waals surface area contributed by atoms with Crippen molar-refractivity contribution in [3.8, 4) is 22.8 Å². The molecular formula is C29H37N7O7S2. The Morgan fingerprint density at radius 1 is 0.978 bits per heavy atom. The summed E-state index contributed by atoms with van der Waals surface area (Å²) >= 11 is 0. The lowest BCUT2D eigenvalue weighted by molar-refractivity contribution is 0.0443. The van der Waals surface area contributed by atoms with E-state index in [1.807, 2.05) is 30.3 Å². The molecule has 1 N–H and O–H groups in total. The van der Waals surface area contributed by atoms with Crippen LogP contribution >= 0.6 is 0 Å². The summed E-state index contributed by atoms with van der Waals surface area (Å²) in [6, 6.07) is 14.0. The molecule has 2 heterocycles. The Morgan fingerprint density at radius 3 is 2.22 bits per heavy atom. The average molecular weight is 660 g/mol. The second kappa shape index (κ2) is 12.3. The Bertz CT molecular complexity index is 1900. The van der Waals surface area contributed by atoms with Crippen LogP contribution in [0.15, 0.2) is 65.3 Å². The highest BCUT2D eigenvalue weighted by Gasteiger charge is 2.37. The fourth-order valence-electron chi connectivity index (χ4n) is 4.36. The molecule has 0 unspecified atom stereocenters. The Hall–Kier alpha value is -4.28. The third kappa shape index (κ3) is 7.69. The highest BCUT2D eigenvalue weighted by molar-refractivity contribution is 7.92. The van der Waals surface area contributed by atoms with E-state index in [4.69, 9.17) is 9.15 Å². The molecule has 4 aromatic rings. The molecule has 16 heteroatoms. The topological polar surface area (TPSA) is 170 Å². The summed E-state index contributed by atoms with van der Waals surface area (Å²) in [6.07, 6.45) is 3.24. The van der Waals surface area contributed by atoms with Crippen LogP contribution < -0.4 is 9.62 Å². The summed E-state index contributed by atoms with van der Waals surface area (Å²) < 4.78 is 65.7. The highest BCUT2D eigenvalue weighted by atomic mass is 32.2. The number of nitrogens with zero attached hydrogens (tertiary/aromatic N) is 6. The molecular weight excluding hydrogens is 622 g/mol. The minimum Gasteiger partial charge on any atom is -0.444 e. The van der Waals surface area contributed by atoms with Crippen molar-refractivity contribution < 1.29 is 30.8 Å². The Balaban J connectivity index is 1.85. The molecule has 45 heavy (non-hydrogen) atoms. The van der Waals surface area contributed by atoms with Crippen LogP contribution in [-0.2, 0) is 36.9 Å². The summed E-state index contributed by atoms with van der Waals surface area (Å²) in [5, 5.41) is 11.4. The average Bonchev–Trinajstić information content (AvgIpc) is 3.62. The molecule has 0 spiro atoms. The largest absolute Gasteiger partial charge is 0.444 e. The number of aromatic nitrogens is 4. The maximum atomic E-state index is 13.0. The molecule has 14 nitrogen and oxygen atoms in total. The fourth-order valence-corrected chi connectivity index (χ4v) is 5.78. The van der Waals surface area contributed by atoms with Crippen molar-refractivity contribution in [1.29, 1.82) is 0 Å². The van der Waals surface area contributed by atoms with E-state index in [2.05, 4.69) is 20.5 Å². The quantitative estimate of drug-likeness (QED) is 0.265. The van der Waals surface area contributed by atoms with Crippen molar-refractivity contribution >= 4 is 32.0 Å². The summed E-state index contributed by atoms with van der Waals surface area (Å²) in [6.45, 7) is 6.97. The number of imidazole rings is 1. The van der Waals surface area contributed by atoms with Gasteiger partial charge in [0.05, 0.1) is 11.9 Å². The van der Waals surface area contributed by atoms with Gasteiger partial charge in [0, 0.05) is 51.1 Å². The first-order valence-electron chi connectivity index (χ1n) is 13.8. The van der Waals surface area contributed by atoms with E-state index in [1.54, 1.807) is 33.8 Å². The van der Waals surface area contributed by atoms with Crippen molar-refractivity contribution in [2.75, 3.05) is 31.7 Å². The van der Waals surface area contributed by atoms with Gasteiger partial charge in [0.2, 0.25) is 21.8 Å². The lowest BCUT2D eigenvalue weighted by Crippen LogP contribution is -2.47. The van der Waals surface area contributed by atoms with Crippen LogP contribution in [0.4, 0.5) is 10.5 Å². The van der Waals surface area contributed by atoms with Crippen LogP contribution in [0.2, 0.25) is 0 Å². The Morgan fingerprint density at radius 2 is 1.62 bits per heavy atom. The summed E-state index contributed by atoms with van der Waals surface area (Å²) in [5.41, 5.74) is -0.342. The predicted octanol–water partition coefficient (Wildman–Crippen LogP) is 3.63. The maximum Gasteiger partial charge on any atom is 0.408 e. The van der Waals surface area contributed by atoms with E-state index in [-0.39, 0.29) is 40.8 Å². The Labute approximate surface area is 263 Å². The molecule has 242 valence electrons. The predicted molar refractivity (Wildman–Crippen MR) is 169 cm³/mol. The molecule has 0 fully saturated rings. The van der Waals surface area contributed by atoms with Crippen LogP contribution in [0.3, 0.4) is 0 Å². The number of amides is 1. The molecule has 2 aromatic carbocycles. The van der Waals surface area contributed by atoms with E-state index < -0.39 is 37.5 Å². The maximum absolute atomic E-state index is 13.0. The lowest BCUT2D eigenvalue weighted by Gasteiger charge is -2.29. The van der Waals surface area contributed by atoms with Gasteiger partial charge >= 0.3 is 16.3 Å². The molecule has 0 bridgehead atoms. The van der Waals surface area contributed by atoms with Crippen LogP contribution in [0.25, 0.3) is 22.8 Å². The molecule has 0 saturated carbocycles. The van der Waals surface area contributed by atoms with Gasteiger partial charge in [-0.1, -0.05) is 30.3 Å². The second-order valence-corrected chi connectivity index (χ2v) is 15.9. The molecule has 0 aliphatic rings. The number of ether oxygens (including phenoxy) is 1. The monoisotopic (exact) mass is 659 g/mol. The zero-order valence-electron chi connectivity index (χ0n) is 26.3. The van der Waals surface area contributed by atoms with E-state index in [1.165, 1.54) is 45.7 Å². The number of hydrogen-bond donors (Lipinski definition) is 1. The van der Waals surface area contributed by atoms with E-state index in [9.17, 15) is 21.6 Å². The molecule has 1 amide bonds. The van der Waals surface area contributed by atoms with Crippen LogP contribution in [0.1, 0.15) is 39.1 Å². The summed E-state index contributed by atoms with van der Waals surface area (Å²) in [5.74, 6) is 0.0927. The van der Waals surface area contributed by atoms with E-state index >= 15 is 0 Å². The van der Waals surface area contributed by atoms with Crippen molar-refractivity contribution in [3.63, 3.8) is 0 Å². The van der Waals surface area contributed by atoms with Crippen LogP contribution in [0, 0.1) is 0 Å². The first-order chi connectivity index (χ1) is 20.8. The number of hydrogen-bond acceptors (Lipinski definition) is 10. The summed E-state index contributed by atoms with van der Waals surface area (Å²) in [4.78, 5) is 17.2. The number of nitrogens with one attached hydrogen (secondary N) is 1. The van der Waals surface area contributed by atoms with Gasteiger partial charge in [-0.15, -0.1) is 10.2 Å². The van der Waals surface area contributed by atoms with E-state index in [0.717, 1.165) is 24.4 Å². The minimum absolute atomic E-state index is 0.00570. The molecule has 0 saturated heterocycles. The number of carbonyl (C=O) groups excluding carboxylic acids is 1. The molecule has 0 aliphatic carbocycles. The van der Waals surface area contributed by atoms with Gasteiger partial charge in [0.15, 0.2) is 5.82 Å². The van der Waals surface area contributed by atoms with Gasteiger partial charge in [-0.3, -0.25) is 4.31 Å². The zero-order chi connectivity index (χ0) is 33.4.